The number of thiazole rings is 1. The van der Waals surface area contributed by atoms with Crippen LogP contribution in [-0.4, -0.2) is 53.7 Å². The highest BCUT2D eigenvalue weighted by Gasteiger charge is 2.39. The largest absolute Gasteiger partial charge is 0.478 e. The number of fused-ring (bicyclic) bond motifs is 1. The van der Waals surface area contributed by atoms with Crippen molar-refractivity contribution in [1.82, 2.24) is 20.0 Å². The maximum Gasteiger partial charge on any atom is 0.335 e. The second-order valence-corrected chi connectivity index (χ2v) is 11.7. The van der Waals surface area contributed by atoms with Crippen molar-refractivity contribution in [2.75, 3.05) is 0 Å². The van der Waals surface area contributed by atoms with E-state index in [2.05, 4.69) is 20.5 Å². The molecule has 2 aliphatic carbocycles. The SMILES string of the molecule is C\C=C(Cl)/C(=C(Cl)\C=N\O)n1nnc(C2CC2)c1COC1CCC(O)(c2nc3c(F)cc(C(=O)O)cc3s2)CC1. The average molecular weight is 610 g/mol. The van der Waals surface area contributed by atoms with Crippen LogP contribution in [0.4, 0.5) is 4.39 Å². The van der Waals surface area contributed by atoms with E-state index in [4.69, 9.17) is 33.1 Å². The van der Waals surface area contributed by atoms with Gasteiger partial charge in [0, 0.05) is 5.92 Å². The summed E-state index contributed by atoms with van der Waals surface area (Å²) in [6, 6.07) is 2.31. The van der Waals surface area contributed by atoms with E-state index in [1.807, 2.05) is 0 Å². The lowest BCUT2D eigenvalue weighted by Crippen LogP contribution is -2.34. The second-order valence-electron chi connectivity index (χ2n) is 9.86. The lowest BCUT2D eigenvalue weighted by atomic mass is 9.83. The fourth-order valence-corrected chi connectivity index (χ4v) is 6.45. The van der Waals surface area contributed by atoms with E-state index < -0.39 is 17.4 Å². The molecule has 3 aromatic rings. The molecule has 2 aliphatic rings. The van der Waals surface area contributed by atoms with E-state index >= 15 is 0 Å². The number of aliphatic hydroxyl groups is 1. The van der Waals surface area contributed by atoms with E-state index in [1.165, 1.54) is 10.7 Å². The third-order valence-electron chi connectivity index (χ3n) is 7.16. The van der Waals surface area contributed by atoms with Crippen LogP contribution >= 0.6 is 34.5 Å². The molecule has 0 spiro atoms. The summed E-state index contributed by atoms with van der Waals surface area (Å²) < 4.78 is 22.6. The summed E-state index contributed by atoms with van der Waals surface area (Å²) in [6.07, 6.45) is 6.22. The molecule has 0 atom stereocenters. The molecule has 2 heterocycles. The van der Waals surface area contributed by atoms with Crippen LogP contribution in [0.3, 0.4) is 0 Å². The number of carboxylic acid groups (broad SMARTS) is 1. The molecule has 2 aromatic heterocycles. The monoisotopic (exact) mass is 609 g/mol. The molecule has 10 nitrogen and oxygen atoms in total. The standard InChI is InChI=1S/C26H26Cl2FN5O5S/c1-2-16(27)23(17(28)11-30-38)34-19(21(32-33-34)13-3-4-13)12-39-15-5-7-26(37,8-6-15)25-31-22-18(29)9-14(24(35)36)10-20(22)40-25/h2,9-11,13,15,37-38H,3-8,12H2,1H3,(H,35,36)/b16-2+,23-17-,30-11+. The normalized spacial score (nSPS) is 22.7. The van der Waals surface area contributed by atoms with Crippen LogP contribution < -0.4 is 0 Å². The minimum atomic E-state index is -1.27. The molecule has 0 radical (unpaired) electrons. The van der Waals surface area contributed by atoms with Crippen molar-refractivity contribution in [3.8, 4) is 0 Å². The van der Waals surface area contributed by atoms with Crippen LogP contribution in [0, 0.1) is 5.82 Å². The molecule has 2 saturated carbocycles. The summed E-state index contributed by atoms with van der Waals surface area (Å²) >= 11 is 13.9. The van der Waals surface area contributed by atoms with Crippen LogP contribution in [0.25, 0.3) is 15.9 Å². The van der Waals surface area contributed by atoms with Crippen molar-refractivity contribution in [1.29, 1.82) is 0 Å². The first kappa shape index (κ1) is 28.6. The van der Waals surface area contributed by atoms with E-state index in [-0.39, 0.29) is 34.7 Å². The van der Waals surface area contributed by atoms with Gasteiger partial charge in [0.15, 0.2) is 5.82 Å². The zero-order valence-electron chi connectivity index (χ0n) is 21.4. The number of hydrogen-bond acceptors (Lipinski definition) is 9. The molecule has 5 rings (SSSR count). The van der Waals surface area contributed by atoms with Crippen LogP contribution in [0.1, 0.15) is 78.1 Å². The minimum absolute atomic E-state index is 0.0544. The molecule has 14 heteroatoms. The maximum absolute atomic E-state index is 14.5. The van der Waals surface area contributed by atoms with Crippen LogP contribution in [0.15, 0.2) is 33.4 Å². The molecule has 0 bridgehead atoms. The van der Waals surface area contributed by atoms with Gasteiger partial charge in [-0.25, -0.2) is 18.9 Å². The highest BCUT2D eigenvalue weighted by molar-refractivity contribution is 7.18. The number of allylic oxidation sites excluding steroid dienone is 4. The molecule has 212 valence electrons. The number of hydrogen-bond donors (Lipinski definition) is 3. The molecule has 2 fully saturated rings. The summed E-state index contributed by atoms with van der Waals surface area (Å²) in [5.41, 5.74) is 0.426. The number of ether oxygens (including phenoxy) is 1. The van der Waals surface area contributed by atoms with Gasteiger partial charge in [-0.1, -0.05) is 39.6 Å². The lowest BCUT2D eigenvalue weighted by molar-refractivity contribution is -0.0648. The number of halogens is 3. The predicted molar refractivity (Wildman–Crippen MR) is 148 cm³/mol. The number of oxime groups is 1. The van der Waals surface area contributed by atoms with Crippen molar-refractivity contribution in [2.24, 2.45) is 5.16 Å². The Kier molecular flexibility index (Phi) is 8.25. The molecular formula is C26H26Cl2FN5O5S. The zero-order valence-corrected chi connectivity index (χ0v) is 23.7. The number of benzene rings is 1. The molecule has 0 aliphatic heterocycles. The Bertz CT molecular complexity index is 1540. The highest BCUT2D eigenvalue weighted by atomic mass is 35.5. The smallest absolute Gasteiger partial charge is 0.335 e. The Hall–Kier alpha value is -2.90. The Balaban J connectivity index is 1.33. The molecule has 1 aromatic carbocycles. The van der Waals surface area contributed by atoms with Gasteiger partial charge in [0.05, 0.1) is 50.6 Å². The third-order valence-corrected chi connectivity index (χ3v) is 9.02. The summed E-state index contributed by atoms with van der Waals surface area (Å²) in [5.74, 6) is -1.69. The molecule has 40 heavy (non-hydrogen) atoms. The fraction of sp³-hybridized carbons (Fsp3) is 0.423. The van der Waals surface area contributed by atoms with E-state index in [0.717, 1.165) is 42.2 Å². The van der Waals surface area contributed by atoms with Crippen LogP contribution in [0.2, 0.25) is 0 Å². The van der Waals surface area contributed by atoms with Crippen LogP contribution in [0.5, 0.6) is 0 Å². The van der Waals surface area contributed by atoms with E-state index in [1.54, 1.807) is 13.0 Å². The fourth-order valence-electron chi connectivity index (χ4n) is 4.82. The summed E-state index contributed by atoms with van der Waals surface area (Å²) in [4.78, 5) is 15.6. The van der Waals surface area contributed by atoms with Gasteiger partial charge in [0.25, 0.3) is 0 Å². The van der Waals surface area contributed by atoms with Crippen molar-refractivity contribution in [3.63, 3.8) is 0 Å². The van der Waals surface area contributed by atoms with Crippen molar-refractivity contribution in [2.45, 2.75) is 69.7 Å². The topological polar surface area (TPSA) is 143 Å². The Morgan fingerprint density at radius 2 is 2.02 bits per heavy atom. The van der Waals surface area contributed by atoms with E-state index in [0.29, 0.717) is 51.8 Å². The number of nitrogens with zero attached hydrogens (tertiary/aromatic N) is 5. The van der Waals surface area contributed by atoms with Gasteiger partial charge < -0.3 is 20.2 Å². The van der Waals surface area contributed by atoms with E-state index in [9.17, 15) is 19.4 Å². The average Bonchev–Trinajstić information content (AvgIpc) is 3.53. The number of carboxylic acids is 1. The first-order chi connectivity index (χ1) is 19.1. The summed E-state index contributed by atoms with van der Waals surface area (Å²) in [7, 11) is 0. The van der Waals surface area contributed by atoms with Gasteiger partial charge in [-0.2, -0.15) is 0 Å². The Morgan fingerprint density at radius 1 is 1.30 bits per heavy atom. The summed E-state index contributed by atoms with van der Waals surface area (Å²) in [5, 5.41) is 42.0. The highest BCUT2D eigenvalue weighted by Crippen LogP contribution is 2.44. The molecule has 3 N–H and O–H groups in total. The molecular weight excluding hydrogens is 584 g/mol. The molecule has 0 amide bonds. The van der Waals surface area contributed by atoms with Crippen molar-refractivity contribution in [3.05, 3.63) is 56.0 Å². The molecule has 0 unspecified atom stereocenters. The van der Waals surface area contributed by atoms with Gasteiger partial charge in [0.1, 0.15) is 21.8 Å². The lowest BCUT2D eigenvalue weighted by Gasteiger charge is -2.34. The van der Waals surface area contributed by atoms with Gasteiger partial charge >= 0.3 is 5.97 Å². The number of carbonyl (C=O) groups is 1. The first-order valence-electron chi connectivity index (χ1n) is 12.7. The predicted octanol–water partition coefficient (Wildman–Crippen LogP) is 5.96. The maximum atomic E-state index is 14.5. The minimum Gasteiger partial charge on any atom is -0.478 e. The Labute approximate surface area is 242 Å². The van der Waals surface area contributed by atoms with Crippen molar-refractivity contribution >= 4 is 62.6 Å². The number of rotatable bonds is 9. The third kappa shape index (κ3) is 5.64. The van der Waals surface area contributed by atoms with Gasteiger partial charge in [0.2, 0.25) is 0 Å². The number of aromatic carboxylic acids is 1. The van der Waals surface area contributed by atoms with Gasteiger partial charge in [-0.15, -0.1) is 16.4 Å². The Morgan fingerprint density at radius 3 is 2.65 bits per heavy atom. The van der Waals surface area contributed by atoms with Crippen LogP contribution in [-0.2, 0) is 16.9 Å². The summed E-state index contributed by atoms with van der Waals surface area (Å²) in [6.45, 7) is 1.91. The van der Waals surface area contributed by atoms with Gasteiger partial charge in [-0.3, -0.25) is 0 Å². The van der Waals surface area contributed by atoms with Gasteiger partial charge in [-0.05, 0) is 57.6 Å². The van der Waals surface area contributed by atoms with Crippen molar-refractivity contribution < 1.29 is 29.3 Å². The number of aromatic nitrogens is 4. The zero-order chi connectivity index (χ0) is 28.6. The second kappa shape index (κ2) is 11.5. The first-order valence-corrected chi connectivity index (χ1v) is 14.2. The molecule has 0 saturated heterocycles. The quantitative estimate of drug-likeness (QED) is 0.117.